The van der Waals surface area contributed by atoms with Crippen LogP contribution >= 0.6 is 0 Å². The van der Waals surface area contributed by atoms with Crippen LogP contribution in [0.1, 0.15) is 33.2 Å². The summed E-state index contributed by atoms with van der Waals surface area (Å²) in [6.45, 7) is 0.613. The fraction of sp³-hybridized carbons (Fsp3) is 0.0909. The Labute approximate surface area is 160 Å². The Balaban J connectivity index is 1.68. The van der Waals surface area contributed by atoms with Crippen LogP contribution in [0.15, 0.2) is 72.9 Å². The van der Waals surface area contributed by atoms with Gasteiger partial charge in [0.15, 0.2) is 6.17 Å². The van der Waals surface area contributed by atoms with Crippen molar-refractivity contribution in [1.82, 2.24) is 9.78 Å². The number of nitrogens with zero attached hydrogens (tertiary/aromatic N) is 2. The zero-order chi connectivity index (χ0) is 19.7. The van der Waals surface area contributed by atoms with Crippen LogP contribution < -0.4 is 5.73 Å². The number of aromatic hydroxyl groups is 1. The molecule has 5 nitrogen and oxygen atoms in total. The van der Waals surface area contributed by atoms with Crippen molar-refractivity contribution in [3.8, 4) is 5.75 Å². The highest BCUT2D eigenvalue weighted by Crippen LogP contribution is 2.32. The molecule has 0 saturated carbocycles. The smallest absolute Gasteiger partial charge is 0.249 e. The first-order valence-corrected chi connectivity index (χ1v) is 8.79. The molecule has 140 valence electrons. The number of carbonyl (C=O) groups is 1. The number of amides is 1. The zero-order valence-corrected chi connectivity index (χ0v) is 14.9. The number of halogens is 1. The van der Waals surface area contributed by atoms with Crippen LogP contribution in [0, 0.1) is 0 Å². The summed E-state index contributed by atoms with van der Waals surface area (Å²) in [7, 11) is 0. The zero-order valence-electron chi connectivity index (χ0n) is 14.9. The van der Waals surface area contributed by atoms with Crippen molar-refractivity contribution in [2.75, 3.05) is 0 Å². The Morgan fingerprint density at radius 2 is 1.89 bits per heavy atom. The van der Waals surface area contributed by atoms with Gasteiger partial charge in [0, 0.05) is 22.7 Å². The molecule has 0 spiro atoms. The fourth-order valence-corrected chi connectivity index (χ4v) is 3.26. The van der Waals surface area contributed by atoms with Crippen LogP contribution in [-0.4, -0.2) is 20.8 Å². The van der Waals surface area contributed by atoms with E-state index >= 15 is 4.39 Å². The average Bonchev–Trinajstić information content (AvgIpc) is 3.09. The lowest BCUT2D eigenvalue weighted by Crippen LogP contribution is -2.14. The normalized spacial score (nSPS) is 12.2. The van der Waals surface area contributed by atoms with E-state index in [0.29, 0.717) is 17.6 Å². The molecular weight excluding hydrogens is 357 g/mol. The van der Waals surface area contributed by atoms with Gasteiger partial charge in [-0.25, -0.2) is 4.39 Å². The van der Waals surface area contributed by atoms with Gasteiger partial charge < -0.3 is 10.8 Å². The van der Waals surface area contributed by atoms with Gasteiger partial charge in [0.1, 0.15) is 5.75 Å². The summed E-state index contributed by atoms with van der Waals surface area (Å²) in [4.78, 5) is 11.6. The van der Waals surface area contributed by atoms with Crippen molar-refractivity contribution in [3.63, 3.8) is 0 Å². The molecule has 28 heavy (non-hydrogen) atoms. The fourth-order valence-electron chi connectivity index (χ4n) is 3.26. The summed E-state index contributed by atoms with van der Waals surface area (Å²) in [5.74, 6) is -0.873. The van der Waals surface area contributed by atoms with Crippen LogP contribution in [0.3, 0.4) is 0 Å². The van der Waals surface area contributed by atoms with Crippen LogP contribution in [0.5, 0.6) is 5.75 Å². The largest absolute Gasteiger partial charge is 0.508 e. The van der Waals surface area contributed by atoms with Crippen LogP contribution in [0.2, 0.25) is 0 Å². The highest BCUT2D eigenvalue weighted by Gasteiger charge is 2.20. The van der Waals surface area contributed by atoms with Crippen LogP contribution in [-0.2, 0) is 6.54 Å². The summed E-state index contributed by atoms with van der Waals surface area (Å²) < 4.78 is 17.0. The van der Waals surface area contributed by atoms with E-state index in [2.05, 4.69) is 5.10 Å². The second-order valence-electron chi connectivity index (χ2n) is 6.63. The lowest BCUT2D eigenvalue weighted by Gasteiger charge is -2.13. The van der Waals surface area contributed by atoms with Gasteiger partial charge in [0.25, 0.3) is 0 Å². The molecule has 4 rings (SSSR count). The molecule has 0 fully saturated rings. The van der Waals surface area contributed by atoms with Gasteiger partial charge in [-0.05, 0) is 35.4 Å². The second-order valence-corrected chi connectivity index (χ2v) is 6.63. The molecule has 0 bridgehead atoms. The molecule has 1 amide bonds. The van der Waals surface area contributed by atoms with Gasteiger partial charge in [0.2, 0.25) is 5.91 Å². The first kappa shape index (κ1) is 17.7. The van der Waals surface area contributed by atoms with Crippen LogP contribution in [0.4, 0.5) is 4.39 Å². The number of nitrogens with two attached hydrogens (primary N) is 1. The third-order valence-corrected chi connectivity index (χ3v) is 4.63. The van der Waals surface area contributed by atoms with Crippen molar-refractivity contribution in [2.24, 2.45) is 5.73 Å². The van der Waals surface area contributed by atoms with E-state index in [0.717, 1.165) is 10.9 Å². The third kappa shape index (κ3) is 3.44. The molecule has 6 heteroatoms. The minimum atomic E-state index is -1.61. The van der Waals surface area contributed by atoms with E-state index < -0.39 is 12.1 Å². The van der Waals surface area contributed by atoms with Gasteiger partial charge in [0.05, 0.1) is 12.1 Å². The number of aromatic nitrogens is 2. The lowest BCUT2D eigenvalue weighted by atomic mass is 9.96. The minimum Gasteiger partial charge on any atom is -0.508 e. The number of benzene rings is 3. The molecule has 3 aromatic carbocycles. The molecule has 1 unspecified atom stereocenters. The molecule has 4 aromatic rings. The number of rotatable bonds is 5. The highest BCUT2D eigenvalue weighted by molar-refractivity contribution is 5.95. The second kappa shape index (κ2) is 7.15. The van der Waals surface area contributed by atoms with Gasteiger partial charge in [-0.1, -0.05) is 42.5 Å². The maximum atomic E-state index is 15.2. The summed E-state index contributed by atoms with van der Waals surface area (Å²) in [5, 5.41) is 15.1. The number of primary amides is 1. The lowest BCUT2D eigenvalue weighted by molar-refractivity contribution is 0.0998. The third-order valence-electron chi connectivity index (χ3n) is 4.63. The first-order valence-electron chi connectivity index (χ1n) is 8.79. The van der Waals surface area contributed by atoms with Crippen molar-refractivity contribution in [3.05, 3.63) is 95.2 Å². The Morgan fingerprint density at radius 3 is 2.64 bits per heavy atom. The SMILES string of the molecule is NC(=O)c1ccc(O)cc1C(F)c1ccc2cn(Cc3ccccc3)nc2c1. The van der Waals surface area contributed by atoms with Crippen molar-refractivity contribution in [1.29, 1.82) is 0 Å². The number of phenolic OH excluding ortho intramolecular Hbond substituents is 1. The van der Waals surface area contributed by atoms with E-state index in [1.54, 1.807) is 22.9 Å². The quantitative estimate of drug-likeness (QED) is 0.554. The Hall–Kier alpha value is -3.67. The van der Waals surface area contributed by atoms with E-state index in [1.165, 1.54) is 18.2 Å². The number of carbonyl (C=O) groups excluding carboxylic acids is 1. The number of hydrogen-bond acceptors (Lipinski definition) is 3. The Kier molecular flexibility index (Phi) is 4.53. The minimum absolute atomic E-state index is 0.0376. The molecular formula is C22H18FN3O2. The van der Waals surface area contributed by atoms with E-state index in [1.807, 2.05) is 36.5 Å². The summed E-state index contributed by atoms with van der Waals surface area (Å²) in [6, 6.07) is 18.9. The molecule has 1 atom stereocenters. The molecule has 3 N–H and O–H groups in total. The summed E-state index contributed by atoms with van der Waals surface area (Å²) >= 11 is 0. The topological polar surface area (TPSA) is 81.1 Å². The number of alkyl halides is 1. The van der Waals surface area contributed by atoms with Gasteiger partial charge in [-0.2, -0.15) is 5.10 Å². The number of fused-ring (bicyclic) bond motifs is 1. The summed E-state index contributed by atoms with van der Waals surface area (Å²) in [5.41, 5.74) is 7.53. The maximum absolute atomic E-state index is 15.2. The number of phenols is 1. The molecule has 0 radical (unpaired) electrons. The molecule has 1 heterocycles. The van der Waals surface area contributed by atoms with Crippen molar-refractivity contribution >= 4 is 16.8 Å². The predicted molar refractivity (Wildman–Crippen MR) is 105 cm³/mol. The van der Waals surface area contributed by atoms with Crippen molar-refractivity contribution < 1.29 is 14.3 Å². The van der Waals surface area contributed by atoms with Gasteiger partial charge in [-0.3, -0.25) is 9.48 Å². The van der Waals surface area contributed by atoms with E-state index in [-0.39, 0.29) is 16.9 Å². The maximum Gasteiger partial charge on any atom is 0.249 e. The van der Waals surface area contributed by atoms with Crippen LogP contribution in [0.25, 0.3) is 10.9 Å². The Morgan fingerprint density at radius 1 is 1.11 bits per heavy atom. The monoisotopic (exact) mass is 375 g/mol. The molecule has 1 aromatic heterocycles. The summed E-state index contributed by atoms with van der Waals surface area (Å²) in [6.07, 6.45) is 0.293. The van der Waals surface area contributed by atoms with Gasteiger partial charge in [-0.15, -0.1) is 0 Å². The van der Waals surface area contributed by atoms with E-state index in [4.69, 9.17) is 5.73 Å². The number of hydrogen-bond donors (Lipinski definition) is 2. The molecule has 0 aliphatic heterocycles. The predicted octanol–water partition coefficient (Wildman–Crippen LogP) is 3.95. The first-order chi connectivity index (χ1) is 13.5. The van der Waals surface area contributed by atoms with E-state index in [9.17, 15) is 9.90 Å². The molecule has 0 saturated heterocycles. The van der Waals surface area contributed by atoms with Crippen molar-refractivity contribution in [2.45, 2.75) is 12.7 Å². The average molecular weight is 375 g/mol. The van der Waals surface area contributed by atoms with Gasteiger partial charge >= 0.3 is 0 Å². The standard InChI is InChI=1S/C22H18FN3O2/c23-21(19-11-17(27)8-9-18(19)22(24)28)15-6-7-16-13-26(25-20(16)10-15)12-14-4-2-1-3-5-14/h1-11,13,21,27H,12H2,(H2,24,28). The highest BCUT2D eigenvalue weighted by atomic mass is 19.1. The Bertz CT molecular complexity index is 1160. The molecule has 0 aliphatic carbocycles. The molecule has 0 aliphatic rings.